The van der Waals surface area contributed by atoms with Gasteiger partial charge < -0.3 is 14.2 Å². The van der Waals surface area contributed by atoms with Gasteiger partial charge >= 0.3 is 0 Å². The number of rotatable bonds is 7. The zero-order chi connectivity index (χ0) is 15.4. The second kappa shape index (κ2) is 7.55. The van der Waals surface area contributed by atoms with Crippen LogP contribution in [0.5, 0.6) is 0 Å². The van der Waals surface area contributed by atoms with Gasteiger partial charge in [0, 0.05) is 45.6 Å². The van der Waals surface area contributed by atoms with Gasteiger partial charge in [-0.1, -0.05) is 0 Å². The van der Waals surface area contributed by atoms with Crippen molar-refractivity contribution in [3.8, 4) is 0 Å². The van der Waals surface area contributed by atoms with Gasteiger partial charge in [0.15, 0.2) is 0 Å². The molecule has 124 valence electrons. The van der Waals surface area contributed by atoms with Gasteiger partial charge in [0.2, 0.25) is 0 Å². The topological polar surface area (TPSA) is 48.8 Å². The first-order chi connectivity index (χ1) is 10.8. The quantitative estimate of drug-likeness (QED) is 0.699. The van der Waals surface area contributed by atoms with Crippen LogP contribution in [0, 0.1) is 0 Å². The maximum absolute atomic E-state index is 6.09. The summed E-state index contributed by atoms with van der Waals surface area (Å²) in [6.45, 7) is 4.16. The van der Waals surface area contributed by atoms with Gasteiger partial charge in [0.05, 0.1) is 32.1 Å². The van der Waals surface area contributed by atoms with Crippen LogP contribution in [0.4, 0.5) is 0 Å². The van der Waals surface area contributed by atoms with Gasteiger partial charge in [-0.3, -0.25) is 9.58 Å². The molecule has 0 radical (unpaired) electrons. The first-order valence-corrected chi connectivity index (χ1v) is 8.19. The van der Waals surface area contributed by atoms with Crippen molar-refractivity contribution in [1.82, 2.24) is 14.7 Å². The molecule has 2 fully saturated rings. The molecule has 6 nitrogen and oxygen atoms in total. The van der Waals surface area contributed by atoms with Crippen molar-refractivity contribution in [2.24, 2.45) is 7.05 Å². The Morgan fingerprint density at radius 2 is 2.27 bits per heavy atom. The molecule has 0 bridgehead atoms. The number of aryl methyl sites for hydroxylation is 1. The van der Waals surface area contributed by atoms with Crippen molar-refractivity contribution in [1.29, 1.82) is 0 Å². The third-order valence-corrected chi connectivity index (χ3v) is 4.72. The minimum atomic E-state index is 0.274. The average molecular weight is 309 g/mol. The lowest BCUT2D eigenvalue weighted by molar-refractivity contribution is -0.00620. The zero-order valence-corrected chi connectivity index (χ0v) is 13.6. The van der Waals surface area contributed by atoms with Gasteiger partial charge in [-0.2, -0.15) is 5.10 Å². The Hall–Kier alpha value is -0.950. The third-order valence-electron chi connectivity index (χ3n) is 4.72. The summed E-state index contributed by atoms with van der Waals surface area (Å²) in [7, 11) is 3.68. The number of ether oxygens (including phenoxy) is 3. The molecule has 0 saturated carbocycles. The molecule has 0 spiro atoms. The summed E-state index contributed by atoms with van der Waals surface area (Å²) in [5, 5.41) is 4.29. The van der Waals surface area contributed by atoms with E-state index in [2.05, 4.69) is 16.2 Å². The van der Waals surface area contributed by atoms with Crippen LogP contribution in [0.3, 0.4) is 0 Å². The minimum absolute atomic E-state index is 0.274. The Morgan fingerprint density at radius 1 is 1.36 bits per heavy atom. The molecule has 2 aliphatic heterocycles. The molecule has 3 atom stereocenters. The van der Waals surface area contributed by atoms with Gasteiger partial charge in [0.1, 0.15) is 0 Å². The van der Waals surface area contributed by atoms with Crippen LogP contribution in [-0.4, -0.2) is 73.0 Å². The molecule has 1 unspecified atom stereocenters. The van der Waals surface area contributed by atoms with E-state index < -0.39 is 0 Å². The van der Waals surface area contributed by atoms with Crippen LogP contribution in [0.15, 0.2) is 12.4 Å². The summed E-state index contributed by atoms with van der Waals surface area (Å²) < 4.78 is 18.7. The number of hydrogen-bond acceptors (Lipinski definition) is 5. The van der Waals surface area contributed by atoms with E-state index in [1.807, 2.05) is 17.9 Å². The van der Waals surface area contributed by atoms with E-state index in [0.29, 0.717) is 25.3 Å². The van der Waals surface area contributed by atoms with Crippen molar-refractivity contribution in [2.75, 3.05) is 40.1 Å². The molecule has 3 heterocycles. The smallest absolute Gasteiger partial charge is 0.0746 e. The van der Waals surface area contributed by atoms with Crippen LogP contribution in [-0.2, 0) is 27.7 Å². The van der Waals surface area contributed by atoms with E-state index in [-0.39, 0.29) is 6.10 Å². The number of aromatic nitrogens is 2. The molecule has 6 heteroatoms. The fourth-order valence-corrected chi connectivity index (χ4v) is 3.63. The maximum atomic E-state index is 6.09. The third kappa shape index (κ3) is 3.68. The monoisotopic (exact) mass is 309 g/mol. The van der Waals surface area contributed by atoms with Crippen molar-refractivity contribution in [3.63, 3.8) is 0 Å². The molecule has 1 aromatic heterocycles. The molecule has 2 aliphatic rings. The molecule has 2 saturated heterocycles. The minimum Gasteiger partial charge on any atom is -0.382 e. The first-order valence-electron chi connectivity index (χ1n) is 8.19. The van der Waals surface area contributed by atoms with E-state index in [1.165, 1.54) is 5.56 Å². The molecule has 1 aromatic rings. The average Bonchev–Trinajstić information content (AvgIpc) is 3.22. The predicted octanol–water partition coefficient (Wildman–Crippen LogP) is 0.857. The second-order valence-electron chi connectivity index (χ2n) is 6.24. The number of nitrogens with zero attached hydrogens (tertiary/aromatic N) is 3. The van der Waals surface area contributed by atoms with Crippen LogP contribution < -0.4 is 0 Å². The Bertz CT molecular complexity index is 459. The predicted molar refractivity (Wildman–Crippen MR) is 82.9 cm³/mol. The Balaban J connectivity index is 1.66. The summed E-state index contributed by atoms with van der Waals surface area (Å²) in [4.78, 5) is 2.59. The highest BCUT2D eigenvalue weighted by atomic mass is 16.5. The zero-order valence-electron chi connectivity index (χ0n) is 13.6. The van der Waals surface area contributed by atoms with E-state index >= 15 is 0 Å². The fraction of sp³-hybridized carbons (Fsp3) is 0.812. The lowest BCUT2D eigenvalue weighted by Crippen LogP contribution is -2.44. The molecule has 22 heavy (non-hydrogen) atoms. The lowest BCUT2D eigenvalue weighted by atomic mass is 10.0. The first kappa shape index (κ1) is 15.9. The number of likely N-dealkylation sites (tertiary alicyclic amines) is 1. The number of methoxy groups -OCH3 is 1. The summed E-state index contributed by atoms with van der Waals surface area (Å²) in [6, 6.07) is 0.949. The molecular weight excluding hydrogens is 282 g/mol. The van der Waals surface area contributed by atoms with Gasteiger partial charge in [0.25, 0.3) is 0 Å². The number of hydrogen-bond donors (Lipinski definition) is 0. The second-order valence-corrected chi connectivity index (χ2v) is 6.24. The van der Waals surface area contributed by atoms with Crippen molar-refractivity contribution < 1.29 is 14.2 Å². The highest BCUT2D eigenvalue weighted by Crippen LogP contribution is 2.29. The highest BCUT2D eigenvalue weighted by molar-refractivity contribution is 5.09. The molecule has 0 aromatic carbocycles. The highest BCUT2D eigenvalue weighted by Gasteiger charge is 2.39. The largest absolute Gasteiger partial charge is 0.382 e. The van der Waals surface area contributed by atoms with E-state index in [9.17, 15) is 0 Å². The molecule has 0 N–H and O–H groups in total. The Kier molecular flexibility index (Phi) is 5.46. The van der Waals surface area contributed by atoms with Crippen LogP contribution >= 0.6 is 0 Å². The van der Waals surface area contributed by atoms with Gasteiger partial charge in [-0.15, -0.1) is 0 Å². The summed E-state index contributed by atoms with van der Waals surface area (Å²) in [5.41, 5.74) is 1.28. The molecular formula is C16H27N3O3. The Labute approximate surface area is 132 Å². The van der Waals surface area contributed by atoms with Crippen molar-refractivity contribution in [2.45, 2.75) is 37.5 Å². The van der Waals surface area contributed by atoms with E-state index in [0.717, 1.165) is 39.0 Å². The van der Waals surface area contributed by atoms with Gasteiger partial charge in [-0.25, -0.2) is 0 Å². The molecule has 0 amide bonds. The van der Waals surface area contributed by atoms with Crippen molar-refractivity contribution >= 4 is 0 Å². The molecule has 0 aliphatic carbocycles. The van der Waals surface area contributed by atoms with Crippen molar-refractivity contribution in [3.05, 3.63) is 18.0 Å². The van der Waals surface area contributed by atoms with E-state index in [1.54, 1.807) is 7.11 Å². The van der Waals surface area contributed by atoms with E-state index in [4.69, 9.17) is 14.2 Å². The summed E-state index contributed by atoms with van der Waals surface area (Å²) >= 11 is 0. The SMILES string of the molecule is COCCO[C@@H]1CCN(C2CCOC2)[C@H]1Cc1cnn(C)c1. The fourth-order valence-electron chi connectivity index (χ4n) is 3.63. The molecule has 3 rings (SSSR count). The Morgan fingerprint density at radius 3 is 2.95 bits per heavy atom. The summed E-state index contributed by atoms with van der Waals surface area (Å²) in [6.07, 6.45) is 7.55. The van der Waals surface area contributed by atoms with Crippen LogP contribution in [0.1, 0.15) is 18.4 Å². The lowest BCUT2D eigenvalue weighted by Gasteiger charge is -2.31. The van der Waals surface area contributed by atoms with Crippen LogP contribution in [0.2, 0.25) is 0 Å². The van der Waals surface area contributed by atoms with Gasteiger partial charge in [-0.05, 0) is 24.8 Å². The maximum Gasteiger partial charge on any atom is 0.0746 e. The standard InChI is InChI=1S/C16H27N3O3/c1-18-11-13(10-17-18)9-15-16(22-8-7-20-2)3-5-19(15)14-4-6-21-12-14/h10-11,14-16H,3-9,12H2,1-2H3/t14?,15-,16+/m0/s1. The normalized spacial score (nSPS) is 29.5. The van der Waals surface area contributed by atoms with Crippen LogP contribution in [0.25, 0.3) is 0 Å². The summed E-state index contributed by atoms with van der Waals surface area (Å²) in [5.74, 6) is 0.